The molecular formula is C15H16N2O3. The van der Waals surface area contributed by atoms with Crippen molar-refractivity contribution in [1.82, 2.24) is 9.88 Å². The monoisotopic (exact) mass is 272 g/mol. The Hall–Kier alpha value is -2.43. The summed E-state index contributed by atoms with van der Waals surface area (Å²) < 4.78 is 5.12. The van der Waals surface area contributed by atoms with Gasteiger partial charge >= 0.3 is 5.97 Å². The average Bonchev–Trinajstić information content (AvgIpc) is 2.45. The number of benzene rings is 1. The van der Waals surface area contributed by atoms with Crippen LogP contribution in [0.2, 0.25) is 0 Å². The molecule has 0 aliphatic carbocycles. The summed E-state index contributed by atoms with van der Waals surface area (Å²) in [5.74, 6) is -0.863. The van der Waals surface area contributed by atoms with E-state index in [1.807, 2.05) is 24.3 Å². The van der Waals surface area contributed by atoms with Crippen molar-refractivity contribution >= 4 is 22.8 Å². The van der Waals surface area contributed by atoms with Gasteiger partial charge in [0.2, 0.25) is 0 Å². The predicted molar refractivity (Wildman–Crippen MR) is 75.3 cm³/mol. The van der Waals surface area contributed by atoms with Gasteiger partial charge in [0.05, 0.1) is 5.52 Å². The van der Waals surface area contributed by atoms with Gasteiger partial charge in [-0.05, 0) is 19.1 Å². The number of likely N-dealkylation sites (N-methyl/N-ethyl adjacent to an activating group) is 1. The Balaban J connectivity index is 2.17. The topological polar surface area (TPSA) is 59.5 Å². The molecule has 1 aromatic heterocycles. The van der Waals surface area contributed by atoms with Gasteiger partial charge in [0.1, 0.15) is 5.69 Å². The van der Waals surface area contributed by atoms with Crippen molar-refractivity contribution in [2.45, 2.75) is 13.0 Å². The van der Waals surface area contributed by atoms with Crippen LogP contribution in [0.4, 0.5) is 0 Å². The number of para-hydroxylation sites is 1. The lowest BCUT2D eigenvalue weighted by atomic mass is 10.2. The van der Waals surface area contributed by atoms with Crippen molar-refractivity contribution in [3.63, 3.8) is 0 Å². The van der Waals surface area contributed by atoms with Crippen molar-refractivity contribution in [3.8, 4) is 0 Å². The molecule has 0 spiro atoms. The Morgan fingerprint density at radius 1 is 1.15 bits per heavy atom. The first-order chi connectivity index (χ1) is 9.49. The second kappa shape index (κ2) is 5.69. The fourth-order valence-corrected chi connectivity index (χ4v) is 1.81. The third-order valence-electron chi connectivity index (χ3n) is 2.88. The molecule has 5 nitrogen and oxygen atoms in total. The van der Waals surface area contributed by atoms with Gasteiger partial charge in [0, 0.05) is 19.5 Å². The van der Waals surface area contributed by atoms with E-state index in [4.69, 9.17) is 4.74 Å². The molecule has 0 N–H and O–H groups in total. The Bertz CT molecular complexity index is 652. The van der Waals surface area contributed by atoms with Gasteiger partial charge in [0.25, 0.3) is 5.91 Å². The van der Waals surface area contributed by atoms with Gasteiger partial charge in [-0.25, -0.2) is 9.78 Å². The van der Waals surface area contributed by atoms with Crippen molar-refractivity contribution in [2.24, 2.45) is 0 Å². The number of rotatable bonds is 3. The number of pyridine rings is 1. The maximum Gasteiger partial charge on any atom is 0.357 e. The maximum absolute atomic E-state index is 12.0. The molecule has 1 atom stereocenters. The fraction of sp³-hybridized carbons (Fsp3) is 0.267. The third-order valence-corrected chi connectivity index (χ3v) is 2.88. The lowest BCUT2D eigenvalue weighted by molar-refractivity contribution is -0.137. The summed E-state index contributed by atoms with van der Waals surface area (Å²) in [4.78, 5) is 29.2. The number of esters is 1. The number of carbonyl (C=O) groups excluding carboxylic acids is 2. The minimum absolute atomic E-state index is 0.196. The summed E-state index contributed by atoms with van der Waals surface area (Å²) in [5.41, 5.74) is 0.913. The van der Waals surface area contributed by atoms with Gasteiger partial charge in [-0.15, -0.1) is 0 Å². The smallest absolute Gasteiger partial charge is 0.357 e. The maximum atomic E-state index is 12.0. The van der Waals surface area contributed by atoms with E-state index in [2.05, 4.69) is 4.98 Å². The second-order valence-electron chi connectivity index (χ2n) is 4.67. The Morgan fingerprint density at radius 2 is 1.85 bits per heavy atom. The van der Waals surface area contributed by atoms with Crippen molar-refractivity contribution in [3.05, 3.63) is 42.1 Å². The van der Waals surface area contributed by atoms with E-state index in [0.717, 1.165) is 5.39 Å². The number of nitrogens with zero attached hydrogens (tertiary/aromatic N) is 2. The highest BCUT2D eigenvalue weighted by atomic mass is 16.5. The van der Waals surface area contributed by atoms with Crippen molar-refractivity contribution in [1.29, 1.82) is 0 Å². The van der Waals surface area contributed by atoms with E-state index in [-0.39, 0.29) is 11.6 Å². The Morgan fingerprint density at radius 3 is 2.55 bits per heavy atom. The summed E-state index contributed by atoms with van der Waals surface area (Å²) in [6.45, 7) is 1.54. The molecule has 1 aromatic carbocycles. The summed E-state index contributed by atoms with van der Waals surface area (Å²) in [6.07, 6.45) is -0.828. The van der Waals surface area contributed by atoms with Crippen molar-refractivity contribution in [2.75, 3.05) is 14.1 Å². The number of amides is 1. The summed E-state index contributed by atoms with van der Waals surface area (Å²) in [5, 5.41) is 0.946. The zero-order valence-corrected chi connectivity index (χ0v) is 11.7. The minimum Gasteiger partial charge on any atom is -0.448 e. The molecule has 0 fully saturated rings. The van der Waals surface area contributed by atoms with Crippen LogP contribution in [0.5, 0.6) is 0 Å². The lowest BCUT2D eigenvalue weighted by Crippen LogP contribution is -2.35. The van der Waals surface area contributed by atoms with Gasteiger partial charge in [-0.2, -0.15) is 0 Å². The normalized spacial score (nSPS) is 11.9. The number of carbonyl (C=O) groups is 2. The number of ether oxygens (including phenoxy) is 1. The highest BCUT2D eigenvalue weighted by molar-refractivity contribution is 5.93. The Kier molecular flexibility index (Phi) is 3.98. The van der Waals surface area contributed by atoms with Crippen LogP contribution in [0.15, 0.2) is 36.4 Å². The molecule has 0 bridgehead atoms. The summed E-state index contributed by atoms with van der Waals surface area (Å²) in [7, 11) is 3.22. The molecule has 1 amide bonds. The van der Waals surface area contributed by atoms with E-state index in [9.17, 15) is 9.59 Å². The van der Waals surface area contributed by atoms with E-state index in [1.54, 1.807) is 33.2 Å². The summed E-state index contributed by atoms with van der Waals surface area (Å²) in [6, 6.07) is 10.9. The first kappa shape index (κ1) is 14.0. The van der Waals surface area contributed by atoms with E-state index in [0.29, 0.717) is 5.52 Å². The van der Waals surface area contributed by atoms with Gasteiger partial charge in [-0.3, -0.25) is 4.79 Å². The molecule has 104 valence electrons. The zero-order chi connectivity index (χ0) is 14.7. The molecule has 0 aliphatic heterocycles. The van der Waals surface area contributed by atoms with Crippen LogP contribution in [0.25, 0.3) is 10.9 Å². The van der Waals surface area contributed by atoms with Crippen LogP contribution in [0, 0.1) is 0 Å². The van der Waals surface area contributed by atoms with Crippen LogP contribution < -0.4 is 0 Å². The molecule has 20 heavy (non-hydrogen) atoms. The minimum atomic E-state index is -0.828. The van der Waals surface area contributed by atoms with E-state index in [1.165, 1.54) is 4.90 Å². The highest BCUT2D eigenvalue weighted by Gasteiger charge is 2.21. The molecule has 2 rings (SSSR count). The Labute approximate surface area is 117 Å². The number of hydrogen-bond acceptors (Lipinski definition) is 4. The summed E-state index contributed by atoms with van der Waals surface area (Å²) >= 11 is 0. The molecule has 0 aliphatic rings. The molecular weight excluding hydrogens is 256 g/mol. The first-order valence-electron chi connectivity index (χ1n) is 6.27. The molecule has 0 saturated carbocycles. The van der Waals surface area contributed by atoms with Crippen LogP contribution in [-0.2, 0) is 9.53 Å². The third kappa shape index (κ3) is 2.93. The standard InChI is InChI=1S/C15H16N2O3/c1-10(14(18)17(2)3)20-15(19)13-9-8-11-6-4-5-7-12(11)16-13/h4-10H,1-3H3/t10-/m1/s1. The molecule has 0 unspecified atom stereocenters. The second-order valence-corrected chi connectivity index (χ2v) is 4.67. The average molecular weight is 272 g/mol. The first-order valence-corrected chi connectivity index (χ1v) is 6.27. The lowest BCUT2D eigenvalue weighted by Gasteiger charge is -2.17. The highest BCUT2D eigenvalue weighted by Crippen LogP contribution is 2.13. The molecule has 1 heterocycles. The molecule has 5 heteroatoms. The number of fused-ring (bicyclic) bond motifs is 1. The van der Waals surface area contributed by atoms with Crippen LogP contribution >= 0.6 is 0 Å². The molecule has 0 radical (unpaired) electrons. The van der Waals surface area contributed by atoms with Gasteiger partial charge < -0.3 is 9.64 Å². The zero-order valence-electron chi connectivity index (χ0n) is 11.7. The fourth-order valence-electron chi connectivity index (χ4n) is 1.81. The van der Waals surface area contributed by atoms with Crippen LogP contribution in [-0.4, -0.2) is 42.0 Å². The van der Waals surface area contributed by atoms with E-state index < -0.39 is 12.1 Å². The van der Waals surface area contributed by atoms with Gasteiger partial charge in [0.15, 0.2) is 6.10 Å². The molecule has 2 aromatic rings. The van der Waals surface area contributed by atoms with Crippen LogP contribution in [0.1, 0.15) is 17.4 Å². The SMILES string of the molecule is C[C@@H](OC(=O)c1ccc2ccccc2n1)C(=O)N(C)C. The van der Waals surface area contributed by atoms with Gasteiger partial charge in [-0.1, -0.05) is 24.3 Å². The van der Waals surface area contributed by atoms with E-state index >= 15 is 0 Å². The molecule has 0 saturated heterocycles. The van der Waals surface area contributed by atoms with Crippen molar-refractivity contribution < 1.29 is 14.3 Å². The number of aromatic nitrogens is 1. The predicted octanol–water partition coefficient (Wildman–Crippen LogP) is 1.87. The number of hydrogen-bond donors (Lipinski definition) is 0. The quantitative estimate of drug-likeness (QED) is 0.800. The van der Waals surface area contributed by atoms with Crippen LogP contribution in [0.3, 0.4) is 0 Å². The largest absolute Gasteiger partial charge is 0.448 e.